The van der Waals surface area contributed by atoms with E-state index in [9.17, 15) is 4.79 Å². The Morgan fingerprint density at radius 3 is 3.18 bits per heavy atom. The molecule has 7 heteroatoms. The molecule has 1 atom stereocenters. The van der Waals surface area contributed by atoms with Crippen LogP contribution in [0.15, 0.2) is 15.7 Å². The van der Waals surface area contributed by atoms with Gasteiger partial charge in [-0.2, -0.15) is 5.10 Å². The van der Waals surface area contributed by atoms with Gasteiger partial charge in [-0.3, -0.25) is 4.79 Å². The second-order valence-electron chi connectivity index (χ2n) is 3.99. The van der Waals surface area contributed by atoms with Crippen molar-refractivity contribution in [3.8, 4) is 0 Å². The zero-order valence-electron chi connectivity index (χ0n) is 9.02. The Kier molecular flexibility index (Phi) is 2.71. The van der Waals surface area contributed by atoms with Crippen molar-refractivity contribution in [2.45, 2.75) is 25.5 Å². The van der Waals surface area contributed by atoms with Crippen molar-refractivity contribution >= 4 is 27.0 Å². The fraction of sp³-hybridized carbons (Fsp3) is 0.500. The van der Waals surface area contributed by atoms with Crippen LogP contribution in [-0.2, 0) is 4.74 Å². The van der Waals surface area contributed by atoms with Crippen LogP contribution in [0.4, 0.5) is 0 Å². The molecule has 2 aromatic heterocycles. The number of halogens is 1. The SMILES string of the molecule is O=c1[nH]cnc2c(Br)nn(C3CCCCO3)c12. The summed E-state index contributed by atoms with van der Waals surface area (Å²) in [7, 11) is 0. The van der Waals surface area contributed by atoms with Crippen molar-refractivity contribution in [3.05, 3.63) is 21.3 Å². The normalized spacial score (nSPS) is 20.9. The average Bonchev–Trinajstić information content (AvgIpc) is 2.70. The van der Waals surface area contributed by atoms with Gasteiger partial charge in [-0.25, -0.2) is 9.67 Å². The third kappa shape index (κ3) is 1.79. The number of hydrogen-bond donors (Lipinski definition) is 1. The predicted octanol–water partition coefficient (Wildman–Crippen LogP) is 1.58. The number of H-pyrrole nitrogens is 1. The lowest BCUT2D eigenvalue weighted by atomic mass is 10.2. The molecule has 0 spiro atoms. The Bertz CT molecular complexity index is 600. The lowest BCUT2D eigenvalue weighted by molar-refractivity contribution is -0.0369. The molecule has 0 radical (unpaired) electrons. The van der Waals surface area contributed by atoms with Crippen LogP contribution in [0.3, 0.4) is 0 Å². The summed E-state index contributed by atoms with van der Waals surface area (Å²) in [6.45, 7) is 0.710. The van der Waals surface area contributed by atoms with Crippen molar-refractivity contribution < 1.29 is 4.74 Å². The number of ether oxygens (including phenoxy) is 1. The molecule has 0 amide bonds. The van der Waals surface area contributed by atoms with Crippen LogP contribution in [0.25, 0.3) is 11.0 Å². The monoisotopic (exact) mass is 298 g/mol. The van der Waals surface area contributed by atoms with E-state index in [-0.39, 0.29) is 11.8 Å². The molecule has 1 saturated heterocycles. The van der Waals surface area contributed by atoms with Gasteiger partial charge in [0.05, 0.1) is 6.33 Å². The highest BCUT2D eigenvalue weighted by molar-refractivity contribution is 9.10. The van der Waals surface area contributed by atoms with Crippen molar-refractivity contribution in [3.63, 3.8) is 0 Å². The largest absolute Gasteiger partial charge is 0.356 e. The highest BCUT2D eigenvalue weighted by atomic mass is 79.9. The molecule has 0 bridgehead atoms. The maximum Gasteiger partial charge on any atom is 0.277 e. The maximum absolute atomic E-state index is 11.8. The van der Waals surface area contributed by atoms with Gasteiger partial charge in [0, 0.05) is 6.61 Å². The number of nitrogens with one attached hydrogen (secondary N) is 1. The van der Waals surface area contributed by atoms with E-state index in [2.05, 4.69) is 31.0 Å². The van der Waals surface area contributed by atoms with Gasteiger partial charge >= 0.3 is 0 Å². The van der Waals surface area contributed by atoms with Crippen LogP contribution < -0.4 is 5.56 Å². The number of hydrogen-bond acceptors (Lipinski definition) is 4. The van der Waals surface area contributed by atoms with Crippen LogP contribution in [0.1, 0.15) is 25.5 Å². The number of aromatic amines is 1. The quantitative estimate of drug-likeness (QED) is 0.867. The minimum atomic E-state index is -0.192. The van der Waals surface area contributed by atoms with Crippen LogP contribution >= 0.6 is 15.9 Å². The van der Waals surface area contributed by atoms with E-state index >= 15 is 0 Å². The van der Waals surface area contributed by atoms with Gasteiger partial charge in [0.2, 0.25) is 0 Å². The Morgan fingerprint density at radius 2 is 2.41 bits per heavy atom. The fourth-order valence-corrected chi connectivity index (χ4v) is 2.53. The molecule has 1 aliphatic heterocycles. The summed E-state index contributed by atoms with van der Waals surface area (Å²) in [5, 5.41) is 4.30. The molecule has 0 saturated carbocycles. The molecule has 6 nitrogen and oxygen atoms in total. The lowest BCUT2D eigenvalue weighted by Crippen LogP contribution is -2.22. The van der Waals surface area contributed by atoms with E-state index < -0.39 is 0 Å². The molecule has 1 N–H and O–H groups in total. The zero-order chi connectivity index (χ0) is 11.8. The number of rotatable bonds is 1. The molecule has 1 unspecified atom stereocenters. The first-order chi connectivity index (χ1) is 8.27. The van der Waals surface area contributed by atoms with Gasteiger partial charge in [0.15, 0.2) is 16.3 Å². The maximum atomic E-state index is 11.8. The van der Waals surface area contributed by atoms with Crippen LogP contribution in [0, 0.1) is 0 Å². The summed E-state index contributed by atoms with van der Waals surface area (Å²) in [6.07, 6.45) is 4.23. The number of aromatic nitrogens is 4. The zero-order valence-corrected chi connectivity index (χ0v) is 10.6. The van der Waals surface area contributed by atoms with Gasteiger partial charge in [0.1, 0.15) is 5.52 Å². The Labute approximate surface area is 105 Å². The Balaban J connectivity index is 2.19. The summed E-state index contributed by atoms with van der Waals surface area (Å²) in [5.41, 5.74) is 0.844. The first-order valence-electron chi connectivity index (χ1n) is 5.50. The van der Waals surface area contributed by atoms with Gasteiger partial charge in [-0.15, -0.1) is 0 Å². The Hall–Kier alpha value is -1.21. The van der Waals surface area contributed by atoms with E-state index in [1.165, 1.54) is 6.33 Å². The second kappa shape index (κ2) is 4.23. The molecule has 2 aromatic rings. The second-order valence-corrected chi connectivity index (χ2v) is 4.74. The van der Waals surface area contributed by atoms with Gasteiger partial charge in [-0.05, 0) is 35.2 Å². The summed E-state index contributed by atoms with van der Waals surface area (Å²) >= 11 is 3.32. The lowest BCUT2D eigenvalue weighted by Gasteiger charge is -2.22. The molecule has 0 aromatic carbocycles. The first kappa shape index (κ1) is 10.9. The van der Waals surface area contributed by atoms with E-state index in [1.807, 2.05) is 0 Å². The van der Waals surface area contributed by atoms with Gasteiger partial charge in [-0.1, -0.05) is 0 Å². The number of fused-ring (bicyclic) bond motifs is 1. The van der Waals surface area contributed by atoms with Gasteiger partial charge in [0.25, 0.3) is 5.56 Å². The molecule has 3 heterocycles. The van der Waals surface area contributed by atoms with Crippen molar-refractivity contribution in [2.75, 3.05) is 6.61 Å². The molecular formula is C10H11BrN4O2. The van der Waals surface area contributed by atoms with E-state index in [0.29, 0.717) is 22.2 Å². The highest BCUT2D eigenvalue weighted by Gasteiger charge is 2.22. The topological polar surface area (TPSA) is 72.8 Å². The molecule has 1 fully saturated rings. The predicted molar refractivity (Wildman–Crippen MR) is 64.7 cm³/mol. The van der Waals surface area contributed by atoms with Crippen LogP contribution in [-0.4, -0.2) is 26.4 Å². The van der Waals surface area contributed by atoms with E-state index in [0.717, 1.165) is 19.3 Å². The first-order valence-corrected chi connectivity index (χ1v) is 6.29. The standard InChI is InChI=1S/C10H11BrN4O2/c11-9-7-8(10(16)13-5-12-7)15(14-9)6-3-1-2-4-17-6/h5-6H,1-4H2,(H,12,13,16). The summed E-state index contributed by atoms with van der Waals surface area (Å²) < 4.78 is 7.85. The smallest absolute Gasteiger partial charge is 0.277 e. The summed E-state index contributed by atoms with van der Waals surface area (Å²) in [5.74, 6) is 0. The third-order valence-electron chi connectivity index (χ3n) is 2.88. The van der Waals surface area contributed by atoms with E-state index in [4.69, 9.17) is 4.74 Å². The number of nitrogens with zero attached hydrogens (tertiary/aromatic N) is 3. The van der Waals surface area contributed by atoms with Crippen molar-refractivity contribution in [1.82, 2.24) is 19.7 Å². The molecular weight excluding hydrogens is 288 g/mol. The molecule has 17 heavy (non-hydrogen) atoms. The highest BCUT2D eigenvalue weighted by Crippen LogP contribution is 2.27. The van der Waals surface area contributed by atoms with Crippen LogP contribution in [0.5, 0.6) is 0 Å². The van der Waals surface area contributed by atoms with Crippen LogP contribution in [0.2, 0.25) is 0 Å². The van der Waals surface area contributed by atoms with Gasteiger partial charge < -0.3 is 9.72 Å². The molecule has 1 aliphatic rings. The average molecular weight is 299 g/mol. The fourth-order valence-electron chi connectivity index (χ4n) is 2.07. The molecule has 0 aliphatic carbocycles. The van der Waals surface area contributed by atoms with Crippen molar-refractivity contribution in [1.29, 1.82) is 0 Å². The molecule has 3 rings (SSSR count). The minimum absolute atomic E-state index is 0.164. The summed E-state index contributed by atoms with van der Waals surface area (Å²) in [6, 6.07) is 0. The molecule has 90 valence electrons. The minimum Gasteiger partial charge on any atom is -0.356 e. The Morgan fingerprint density at radius 1 is 1.53 bits per heavy atom. The van der Waals surface area contributed by atoms with Crippen molar-refractivity contribution in [2.24, 2.45) is 0 Å². The summed E-state index contributed by atoms with van der Waals surface area (Å²) in [4.78, 5) is 18.5. The third-order valence-corrected chi connectivity index (χ3v) is 3.41. The van der Waals surface area contributed by atoms with E-state index in [1.54, 1.807) is 4.68 Å².